The molecule has 5 rings (SSSR count). The zero-order valence-corrected chi connectivity index (χ0v) is 14.1. The average molecular weight is 336 g/mol. The topological polar surface area (TPSA) is 29.3 Å². The van der Waals surface area contributed by atoms with Crippen LogP contribution < -0.4 is 0 Å². The van der Waals surface area contributed by atoms with Gasteiger partial charge < -0.3 is 4.42 Å². The van der Waals surface area contributed by atoms with E-state index in [2.05, 4.69) is 9.88 Å². The number of nitrogens with zero attached hydrogens (tertiary/aromatic N) is 2. The quantitative estimate of drug-likeness (QED) is 0.671. The maximum Gasteiger partial charge on any atom is 0.198 e. The molecule has 1 atom stereocenters. The molecule has 25 heavy (non-hydrogen) atoms. The van der Waals surface area contributed by atoms with Gasteiger partial charge in [0, 0.05) is 12.0 Å². The number of halogens is 1. The van der Waals surface area contributed by atoms with Crippen LogP contribution >= 0.6 is 0 Å². The lowest BCUT2D eigenvalue weighted by atomic mass is 9.94. The molecular weight excluding hydrogens is 315 g/mol. The Labute approximate surface area is 146 Å². The lowest BCUT2D eigenvalue weighted by Crippen LogP contribution is -2.35. The molecule has 1 fully saturated rings. The summed E-state index contributed by atoms with van der Waals surface area (Å²) in [6.45, 7) is 2.04. The van der Waals surface area contributed by atoms with Crippen LogP contribution in [0.5, 0.6) is 0 Å². The number of aryl methyl sites for hydroxylation is 1. The van der Waals surface area contributed by atoms with Crippen LogP contribution in [0.2, 0.25) is 0 Å². The molecule has 128 valence electrons. The average Bonchev–Trinajstić information content (AvgIpc) is 3.25. The molecule has 0 unspecified atom stereocenters. The van der Waals surface area contributed by atoms with E-state index >= 15 is 0 Å². The third-order valence-electron chi connectivity index (χ3n) is 5.78. The Bertz CT molecular complexity index is 878. The molecule has 0 N–H and O–H groups in total. The van der Waals surface area contributed by atoms with E-state index in [4.69, 9.17) is 4.42 Å². The maximum atomic E-state index is 13.6. The van der Waals surface area contributed by atoms with Crippen molar-refractivity contribution >= 4 is 11.1 Å². The molecule has 0 radical (unpaired) electrons. The Hall–Kier alpha value is -2.20. The maximum absolute atomic E-state index is 13.6. The van der Waals surface area contributed by atoms with Crippen LogP contribution in [0.25, 0.3) is 11.1 Å². The van der Waals surface area contributed by atoms with Gasteiger partial charge in [-0.3, -0.25) is 4.90 Å². The van der Waals surface area contributed by atoms with Gasteiger partial charge in [0.15, 0.2) is 11.5 Å². The van der Waals surface area contributed by atoms with E-state index in [1.807, 2.05) is 30.3 Å². The van der Waals surface area contributed by atoms with Crippen LogP contribution in [-0.2, 0) is 6.42 Å². The van der Waals surface area contributed by atoms with Crippen molar-refractivity contribution in [2.45, 2.75) is 37.6 Å². The van der Waals surface area contributed by atoms with Gasteiger partial charge in [0.05, 0.1) is 0 Å². The predicted molar refractivity (Wildman–Crippen MR) is 95.0 cm³/mol. The van der Waals surface area contributed by atoms with Gasteiger partial charge in [0.25, 0.3) is 0 Å². The van der Waals surface area contributed by atoms with E-state index in [0.29, 0.717) is 12.0 Å². The number of benzene rings is 2. The summed E-state index contributed by atoms with van der Waals surface area (Å²) >= 11 is 0. The van der Waals surface area contributed by atoms with E-state index in [0.717, 1.165) is 55.8 Å². The van der Waals surface area contributed by atoms with Crippen molar-refractivity contribution in [1.82, 2.24) is 9.88 Å². The molecule has 1 saturated heterocycles. The van der Waals surface area contributed by atoms with E-state index < -0.39 is 0 Å². The van der Waals surface area contributed by atoms with Crippen LogP contribution in [0.15, 0.2) is 46.9 Å². The first kappa shape index (κ1) is 15.1. The molecule has 2 heterocycles. The second-order valence-electron chi connectivity index (χ2n) is 7.23. The number of likely N-dealkylation sites (tertiary alicyclic amines) is 1. The molecule has 0 amide bonds. The summed E-state index contributed by atoms with van der Waals surface area (Å²) in [5.41, 5.74) is 4.33. The molecule has 4 heteroatoms. The van der Waals surface area contributed by atoms with Crippen molar-refractivity contribution in [2.75, 3.05) is 13.1 Å². The van der Waals surface area contributed by atoms with Gasteiger partial charge in [0.1, 0.15) is 11.3 Å². The summed E-state index contributed by atoms with van der Waals surface area (Å²) in [5, 5.41) is 0. The van der Waals surface area contributed by atoms with Gasteiger partial charge in [-0.15, -0.1) is 0 Å². The number of fused-ring (bicyclic) bond motifs is 2. The van der Waals surface area contributed by atoms with E-state index in [1.165, 1.54) is 11.1 Å². The third kappa shape index (κ3) is 2.65. The normalized spacial score (nSPS) is 21.7. The predicted octanol–water partition coefficient (Wildman–Crippen LogP) is 4.83. The summed E-state index contributed by atoms with van der Waals surface area (Å²) in [4.78, 5) is 7.19. The molecule has 1 aliphatic heterocycles. The zero-order valence-electron chi connectivity index (χ0n) is 14.1. The minimum Gasteiger partial charge on any atom is -0.440 e. The molecule has 2 aliphatic rings. The van der Waals surface area contributed by atoms with Crippen LogP contribution in [-0.4, -0.2) is 23.0 Å². The largest absolute Gasteiger partial charge is 0.440 e. The first-order valence-electron chi connectivity index (χ1n) is 9.16. The molecule has 0 saturated carbocycles. The SMILES string of the molecule is Fc1ccc2c(c1)[C@@H](N1CCC(c3nc4ccccc4o3)CC1)CC2. The van der Waals surface area contributed by atoms with Crippen molar-refractivity contribution in [3.05, 3.63) is 65.3 Å². The van der Waals surface area contributed by atoms with Gasteiger partial charge in [-0.1, -0.05) is 18.2 Å². The molecule has 1 aromatic heterocycles. The fourth-order valence-corrected chi connectivity index (χ4v) is 4.45. The Morgan fingerprint density at radius 1 is 1.04 bits per heavy atom. The van der Waals surface area contributed by atoms with Gasteiger partial charge in [-0.2, -0.15) is 0 Å². The minimum atomic E-state index is -0.119. The Morgan fingerprint density at radius 2 is 1.88 bits per heavy atom. The summed E-state index contributed by atoms with van der Waals surface area (Å²) in [6, 6.07) is 13.6. The molecular formula is C21H21FN2O. The number of hydrogen-bond acceptors (Lipinski definition) is 3. The molecule has 1 aliphatic carbocycles. The van der Waals surface area contributed by atoms with Crippen molar-refractivity contribution < 1.29 is 8.81 Å². The zero-order chi connectivity index (χ0) is 16.8. The first-order chi connectivity index (χ1) is 12.3. The van der Waals surface area contributed by atoms with Crippen molar-refractivity contribution in [2.24, 2.45) is 0 Å². The molecule has 2 aromatic carbocycles. The van der Waals surface area contributed by atoms with Crippen molar-refractivity contribution in [3.63, 3.8) is 0 Å². The van der Waals surface area contributed by atoms with Crippen LogP contribution in [0, 0.1) is 5.82 Å². The highest BCUT2D eigenvalue weighted by molar-refractivity contribution is 5.72. The standard InChI is InChI=1S/C21H21FN2O/c22-16-7-5-14-6-8-19(17(14)13-16)24-11-9-15(10-12-24)21-23-18-3-1-2-4-20(18)25-21/h1-5,7,13,15,19H,6,8-12H2/t19-/m0/s1. The number of rotatable bonds is 2. The fourth-order valence-electron chi connectivity index (χ4n) is 4.45. The van der Waals surface area contributed by atoms with Gasteiger partial charge in [-0.05, 0) is 74.2 Å². The molecule has 0 bridgehead atoms. The second-order valence-corrected chi connectivity index (χ2v) is 7.23. The molecule has 3 aromatic rings. The Balaban J connectivity index is 1.31. The lowest BCUT2D eigenvalue weighted by molar-refractivity contribution is 0.145. The Kier molecular flexibility index (Phi) is 3.59. The monoisotopic (exact) mass is 336 g/mol. The first-order valence-corrected chi connectivity index (χ1v) is 9.16. The third-order valence-corrected chi connectivity index (χ3v) is 5.78. The van der Waals surface area contributed by atoms with Crippen molar-refractivity contribution in [3.8, 4) is 0 Å². The van der Waals surface area contributed by atoms with Gasteiger partial charge >= 0.3 is 0 Å². The van der Waals surface area contributed by atoms with Crippen LogP contribution in [0.1, 0.15) is 48.2 Å². The van der Waals surface area contributed by atoms with Crippen LogP contribution in [0.3, 0.4) is 0 Å². The van der Waals surface area contributed by atoms with E-state index in [-0.39, 0.29) is 5.82 Å². The number of para-hydroxylation sites is 2. The fraction of sp³-hybridized carbons (Fsp3) is 0.381. The van der Waals surface area contributed by atoms with Gasteiger partial charge in [-0.25, -0.2) is 9.37 Å². The number of aromatic nitrogens is 1. The molecule has 0 spiro atoms. The Morgan fingerprint density at radius 3 is 2.72 bits per heavy atom. The summed E-state index contributed by atoms with van der Waals surface area (Å²) in [5.74, 6) is 1.14. The second kappa shape index (κ2) is 5.95. The number of oxazole rings is 1. The summed E-state index contributed by atoms with van der Waals surface area (Å²) < 4.78 is 19.6. The van der Waals surface area contributed by atoms with Gasteiger partial charge in [0.2, 0.25) is 0 Å². The summed E-state index contributed by atoms with van der Waals surface area (Å²) in [6.07, 6.45) is 4.26. The lowest BCUT2D eigenvalue weighted by Gasteiger charge is -2.35. The smallest absolute Gasteiger partial charge is 0.198 e. The highest BCUT2D eigenvalue weighted by Gasteiger charge is 2.32. The van der Waals surface area contributed by atoms with Crippen molar-refractivity contribution in [1.29, 1.82) is 0 Å². The minimum absolute atomic E-state index is 0.119. The van der Waals surface area contributed by atoms with E-state index in [9.17, 15) is 4.39 Å². The summed E-state index contributed by atoms with van der Waals surface area (Å²) in [7, 11) is 0. The molecule has 3 nitrogen and oxygen atoms in total. The van der Waals surface area contributed by atoms with E-state index in [1.54, 1.807) is 12.1 Å². The highest BCUT2D eigenvalue weighted by Crippen LogP contribution is 2.39. The number of hydrogen-bond donors (Lipinski definition) is 0. The number of piperidine rings is 1. The highest BCUT2D eigenvalue weighted by atomic mass is 19.1. The van der Waals surface area contributed by atoms with Crippen LogP contribution in [0.4, 0.5) is 4.39 Å².